The fourth-order valence-electron chi connectivity index (χ4n) is 2.81. The average molecular weight is 384 g/mol. The van der Waals surface area contributed by atoms with Gasteiger partial charge in [-0.15, -0.1) is 0 Å². The van der Waals surface area contributed by atoms with Gasteiger partial charge in [-0.2, -0.15) is 0 Å². The van der Waals surface area contributed by atoms with E-state index in [0.717, 1.165) is 0 Å². The molecule has 2 aromatic carbocycles. The minimum Gasteiger partial charge on any atom is -0.493 e. The number of benzene rings is 2. The van der Waals surface area contributed by atoms with Crippen molar-refractivity contribution in [3.8, 4) is 28.7 Å². The number of allylic oxidation sites excluding steroid dienone is 1. The lowest BCUT2D eigenvalue weighted by Crippen LogP contribution is -2.05. The second kappa shape index (κ2) is 8.04. The number of hydrogen-bond donors (Lipinski definition) is 0. The molecule has 1 heterocycles. The molecule has 0 aromatic heterocycles. The Morgan fingerprint density at radius 3 is 2.43 bits per heavy atom. The van der Waals surface area contributed by atoms with Crippen molar-refractivity contribution in [1.29, 1.82) is 0 Å². The maximum atomic E-state index is 12.7. The van der Waals surface area contributed by atoms with E-state index in [1.165, 1.54) is 27.4 Å². The molecule has 2 aromatic rings. The Balaban J connectivity index is 1.96. The Morgan fingerprint density at radius 2 is 1.79 bits per heavy atom. The highest BCUT2D eigenvalue weighted by molar-refractivity contribution is 6.14. The fraction of sp³-hybridized carbons (Fsp3) is 0.238. The summed E-state index contributed by atoms with van der Waals surface area (Å²) in [7, 11) is 4.53. The molecule has 0 saturated carbocycles. The van der Waals surface area contributed by atoms with Crippen molar-refractivity contribution >= 4 is 17.8 Å². The summed E-state index contributed by atoms with van der Waals surface area (Å²) in [4.78, 5) is 24.1. The van der Waals surface area contributed by atoms with Gasteiger partial charge in [-0.3, -0.25) is 9.59 Å². The van der Waals surface area contributed by atoms with Gasteiger partial charge in [0, 0.05) is 18.1 Å². The SMILES string of the molecule is CCC(=O)Oc1ccc2c(c1)OC(=Cc1ccc(OC)c(OC)c1OC)C2=O. The second-order valence-corrected chi connectivity index (χ2v) is 5.85. The van der Waals surface area contributed by atoms with Gasteiger partial charge in [0.15, 0.2) is 17.3 Å². The van der Waals surface area contributed by atoms with Gasteiger partial charge in [0.05, 0.1) is 26.9 Å². The van der Waals surface area contributed by atoms with Gasteiger partial charge in [0.1, 0.15) is 11.5 Å². The molecule has 0 bridgehead atoms. The average Bonchev–Trinajstić information content (AvgIpc) is 3.02. The Hall–Kier alpha value is -3.48. The van der Waals surface area contributed by atoms with E-state index in [4.69, 9.17) is 23.7 Å². The second-order valence-electron chi connectivity index (χ2n) is 5.85. The third-order valence-corrected chi connectivity index (χ3v) is 4.18. The van der Waals surface area contributed by atoms with Crippen molar-refractivity contribution in [2.45, 2.75) is 13.3 Å². The minimum absolute atomic E-state index is 0.125. The summed E-state index contributed by atoms with van der Waals surface area (Å²) in [5.74, 6) is 1.47. The first-order valence-corrected chi connectivity index (χ1v) is 8.60. The first kappa shape index (κ1) is 19.3. The van der Waals surface area contributed by atoms with Gasteiger partial charge < -0.3 is 23.7 Å². The number of methoxy groups -OCH3 is 3. The molecule has 1 aliphatic heterocycles. The molecule has 0 aliphatic carbocycles. The lowest BCUT2D eigenvalue weighted by Gasteiger charge is -2.14. The lowest BCUT2D eigenvalue weighted by atomic mass is 10.1. The van der Waals surface area contributed by atoms with Crippen LogP contribution in [0.3, 0.4) is 0 Å². The molecule has 0 N–H and O–H groups in total. The van der Waals surface area contributed by atoms with E-state index in [1.54, 1.807) is 37.3 Å². The molecule has 7 heteroatoms. The number of ketones is 1. The first-order valence-electron chi connectivity index (χ1n) is 8.60. The summed E-state index contributed by atoms with van der Waals surface area (Å²) in [6.07, 6.45) is 1.82. The summed E-state index contributed by atoms with van der Waals surface area (Å²) in [6.45, 7) is 1.70. The third-order valence-electron chi connectivity index (χ3n) is 4.18. The maximum absolute atomic E-state index is 12.7. The van der Waals surface area contributed by atoms with Crippen LogP contribution in [-0.2, 0) is 4.79 Å². The molecule has 28 heavy (non-hydrogen) atoms. The maximum Gasteiger partial charge on any atom is 0.310 e. The van der Waals surface area contributed by atoms with Crippen LogP contribution in [0.25, 0.3) is 6.08 Å². The van der Waals surface area contributed by atoms with Gasteiger partial charge in [0.2, 0.25) is 11.5 Å². The highest BCUT2D eigenvalue weighted by Gasteiger charge is 2.29. The number of ether oxygens (including phenoxy) is 5. The van der Waals surface area contributed by atoms with Crippen LogP contribution < -0.4 is 23.7 Å². The molecule has 0 fully saturated rings. The number of carbonyl (C=O) groups excluding carboxylic acids is 2. The van der Waals surface area contributed by atoms with Crippen molar-refractivity contribution in [2.24, 2.45) is 0 Å². The molecule has 146 valence electrons. The summed E-state index contributed by atoms with van der Waals surface area (Å²) < 4.78 is 26.9. The van der Waals surface area contributed by atoms with E-state index in [1.807, 2.05) is 0 Å². The minimum atomic E-state index is -0.366. The largest absolute Gasteiger partial charge is 0.493 e. The number of fused-ring (bicyclic) bond motifs is 1. The zero-order chi connectivity index (χ0) is 20.3. The summed E-state index contributed by atoms with van der Waals surface area (Å²) >= 11 is 0. The van der Waals surface area contributed by atoms with E-state index in [9.17, 15) is 9.59 Å². The van der Waals surface area contributed by atoms with Gasteiger partial charge in [-0.25, -0.2) is 0 Å². The van der Waals surface area contributed by atoms with Crippen LogP contribution in [0.1, 0.15) is 29.3 Å². The van der Waals surface area contributed by atoms with Crippen LogP contribution in [0.4, 0.5) is 0 Å². The molecule has 1 aliphatic rings. The molecular weight excluding hydrogens is 364 g/mol. The van der Waals surface area contributed by atoms with Crippen LogP contribution in [0, 0.1) is 0 Å². The smallest absolute Gasteiger partial charge is 0.310 e. The number of Topliss-reactive ketones (excluding diaryl/α,β-unsaturated/α-hetero) is 1. The Morgan fingerprint density at radius 1 is 1.04 bits per heavy atom. The van der Waals surface area contributed by atoms with Gasteiger partial charge in [-0.1, -0.05) is 6.92 Å². The van der Waals surface area contributed by atoms with Crippen LogP contribution >= 0.6 is 0 Å². The van der Waals surface area contributed by atoms with Crippen LogP contribution in [-0.4, -0.2) is 33.1 Å². The van der Waals surface area contributed by atoms with Crippen molar-refractivity contribution in [2.75, 3.05) is 21.3 Å². The van der Waals surface area contributed by atoms with Crippen molar-refractivity contribution in [3.63, 3.8) is 0 Å². The highest BCUT2D eigenvalue weighted by Crippen LogP contribution is 2.42. The molecule has 0 radical (unpaired) electrons. The van der Waals surface area contributed by atoms with Crippen LogP contribution in [0.5, 0.6) is 28.7 Å². The van der Waals surface area contributed by atoms with Crippen LogP contribution in [0.2, 0.25) is 0 Å². The molecule has 0 spiro atoms. The van der Waals surface area contributed by atoms with Crippen molar-refractivity contribution in [1.82, 2.24) is 0 Å². The summed E-state index contributed by atoms with van der Waals surface area (Å²) in [5, 5.41) is 0. The molecule has 0 atom stereocenters. The zero-order valence-electron chi connectivity index (χ0n) is 16.0. The van der Waals surface area contributed by atoms with Gasteiger partial charge >= 0.3 is 5.97 Å². The third kappa shape index (κ3) is 3.51. The quantitative estimate of drug-likeness (QED) is 0.427. The van der Waals surface area contributed by atoms with Crippen molar-refractivity contribution < 1.29 is 33.3 Å². The number of carbonyl (C=O) groups is 2. The summed E-state index contributed by atoms with van der Waals surface area (Å²) in [6, 6.07) is 8.10. The standard InChI is InChI=1S/C21H20O7/c1-5-18(22)27-13-7-8-14-16(11-13)28-17(19(14)23)10-12-6-9-15(24-2)21(26-4)20(12)25-3/h6-11H,5H2,1-4H3. The van der Waals surface area contributed by atoms with E-state index >= 15 is 0 Å². The number of esters is 1. The number of rotatable bonds is 6. The van der Waals surface area contributed by atoms with E-state index < -0.39 is 0 Å². The van der Waals surface area contributed by atoms with Gasteiger partial charge in [0.25, 0.3) is 0 Å². The van der Waals surface area contributed by atoms with Crippen molar-refractivity contribution in [3.05, 3.63) is 47.2 Å². The molecular formula is C21H20O7. The first-order chi connectivity index (χ1) is 13.5. The normalized spacial score (nSPS) is 13.7. The lowest BCUT2D eigenvalue weighted by molar-refractivity contribution is -0.134. The molecule has 0 amide bonds. The van der Waals surface area contributed by atoms with E-state index in [2.05, 4.69) is 0 Å². The topological polar surface area (TPSA) is 80.3 Å². The zero-order valence-corrected chi connectivity index (χ0v) is 16.0. The Labute approximate surface area is 162 Å². The molecule has 7 nitrogen and oxygen atoms in total. The molecule has 0 unspecified atom stereocenters. The van der Waals surface area contributed by atoms with E-state index in [-0.39, 0.29) is 23.9 Å². The monoisotopic (exact) mass is 384 g/mol. The number of hydrogen-bond acceptors (Lipinski definition) is 7. The molecule has 3 rings (SSSR count). The summed E-state index contributed by atoms with van der Waals surface area (Å²) in [5.41, 5.74) is 0.982. The predicted octanol–water partition coefficient (Wildman–Crippen LogP) is 3.64. The Kier molecular flexibility index (Phi) is 5.54. The predicted molar refractivity (Wildman–Crippen MR) is 101 cm³/mol. The fourth-order valence-corrected chi connectivity index (χ4v) is 2.81. The highest BCUT2D eigenvalue weighted by atomic mass is 16.5. The van der Waals surface area contributed by atoms with Crippen LogP contribution in [0.15, 0.2) is 36.1 Å². The van der Waals surface area contributed by atoms with E-state index in [0.29, 0.717) is 39.9 Å². The molecule has 0 saturated heterocycles. The Bertz CT molecular complexity index is 959. The van der Waals surface area contributed by atoms with Gasteiger partial charge in [-0.05, 0) is 30.3 Å².